The summed E-state index contributed by atoms with van der Waals surface area (Å²) in [6.45, 7) is 3.50. The summed E-state index contributed by atoms with van der Waals surface area (Å²) in [4.78, 5) is 35.6. The zero-order chi connectivity index (χ0) is 22.5. The van der Waals surface area contributed by atoms with E-state index in [0.29, 0.717) is 21.8 Å². The molecule has 9 heteroatoms. The van der Waals surface area contributed by atoms with Crippen LogP contribution >= 0.6 is 11.6 Å². The highest BCUT2D eigenvalue weighted by Gasteiger charge is 2.13. The van der Waals surface area contributed by atoms with Crippen molar-refractivity contribution >= 4 is 35.1 Å². The number of rotatable bonds is 6. The number of carbonyl (C=O) groups excluding carboxylic acids is 3. The lowest BCUT2D eigenvalue weighted by Crippen LogP contribution is -2.30. The summed E-state index contributed by atoms with van der Waals surface area (Å²) in [6.07, 6.45) is 0. The summed E-state index contributed by atoms with van der Waals surface area (Å²) < 4.78 is 6.20. The van der Waals surface area contributed by atoms with Crippen LogP contribution in [-0.2, 0) is 9.53 Å². The summed E-state index contributed by atoms with van der Waals surface area (Å²) in [5.74, 6) is -1.24. The first-order valence-electron chi connectivity index (χ1n) is 9.38. The number of amides is 2. The zero-order valence-electron chi connectivity index (χ0n) is 17.2. The average Bonchev–Trinajstić information content (AvgIpc) is 3.05. The Morgan fingerprint density at radius 1 is 0.968 bits per heavy atom. The molecule has 0 aliphatic rings. The number of methoxy groups -OCH3 is 1. The van der Waals surface area contributed by atoms with Crippen LogP contribution in [-0.4, -0.2) is 41.2 Å². The second-order valence-electron chi connectivity index (χ2n) is 6.73. The number of esters is 1. The van der Waals surface area contributed by atoms with Crippen molar-refractivity contribution in [3.05, 3.63) is 76.1 Å². The van der Waals surface area contributed by atoms with Gasteiger partial charge >= 0.3 is 5.97 Å². The Morgan fingerprint density at radius 2 is 1.55 bits per heavy atom. The third-order valence-corrected chi connectivity index (χ3v) is 5.15. The normalized spacial score (nSPS) is 10.5. The average molecular weight is 441 g/mol. The van der Waals surface area contributed by atoms with Gasteiger partial charge in [0.2, 0.25) is 0 Å². The van der Waals surface area contributed by atoms with Gasteiger partial charge in [-0.15, -0.1) is 0 Å². The van der Waals surface area contributed by atoms with Crippen LogP contribution in [0, 0.1) is 13.8 Å². The number of anilines is 1. The fraction of sp³-hybridized carbons (Fsp3) is 0.182. The molecule has 31 heavy (non-hydrogen) atoms. The van der Waals surface area contributed by atoms with Crippen LogP contribution in [0.15, 0.2) is 48.5 Å². The minimum absolute atomic E-state index is 0.215. The molecule has 0 unspecified atom stereocenters. The van der Waals surface area contributed by atoms with Gasteiger partial charge in [-0.1, -0.05) is 11.6 Å². The van der Waals surface area contributed by atoms with Gasteiger partial charge in [-0.3, -0.25) is 14.4 Å². The van der Waals surface area contributed by atoms with E-state index in [1.54, 1.807) is 53.2 Å². The minimum atomic E-state index is -0.538. The molecule has 2 N–H and O–H groups in total. The molecule has 2 aromatic carbocycles. The Hall–Kier alpha value is -3.65. The van der Waals surface area contributed by atoms with Gasteiger partial charge in [-0.25, -0.2) is 4.68 Å². The lowest BCUT2D eigenvalue weighted by molar-refractivity contribution is -0.139. The van der Waals surface area contributed by atoms with E-state index in [9.17, 15) is 14.4 Å². The van der Waals surface area contributed by atoms with Gasteiger partial charge in [0.25, 0.3) is 11.8 Å². The molecular formula is C22H21ClN4O4. The van der Waals surface area contributed by atoms with E-state index >= 15 is 0 Å². The molecule has 2 amide bonds. The molecule has 0 bridgehead atoms. The maximum atomic E-state index is 12.5. The van der Waals surface area contributed by atoms with E-state index in [0.717, 1.165) is 17.1 Å². The van der Waals surface area contributed by atoms with Crippen LogP contribution in [0.5, 0.6) is 0 Å². The number of nitrogens with one attached hydrogen (secondary N) is 2. The number of ether oxygens (including phenoxy) is 1. The first kappa shape index (κ1) is 22.0. The summed E-state index contributed by atoms with van der Waals surface area (Å²) >= 11 is 6.20. The Balaban J connectivity index is 1.64. The number of carbonyl (C=O) groups is 3. The molecule has 0 aliphatic heterocycles. The molecule has 0 radical (unpaired) electrons. The topological polar surface area (TPSA) is 102 Å². The largest absolute Gasteiger partial charge is 0.468 e. The fourth-order valence-electron chi connectivity index (χ4n) is 2.86. The molecule has 0 spiro atoms. The van der Waals surface area contributed by atoms with E-state index in [1.807, 2.05) is 13.8 Å². The fourth-order valence-corrected chi connectivity index (χ4v) is 2.98. The van der Waals surface area contributed by atoms with Crippen molar-refractivity contribution in [3.63, 3.8) is 0 Å². The predicted molar refractivity (Wildman–Crippen MR) is 117 cm³/mol. The third-order valence-electron chi connectivity index (χ3n) is 4.60. The molecule has 8 nitrogen and oxygen atoms in total. The molecule has 0 fully saturated rings. The van der Waals surface area contributed by atoms with Crippen LogP contribution in [0.3, 0.4) is 0 Å². The summed E-state index contributed by atoms with van der Waals surface area (Å²) in [5.41, 5.74) is 3.72. The van der Waals surface area contributed by atoms with Crippen molar-refractivity contribution in [1.29, 1.82) is 0 Å². The molecular weight excluding hydrogens is 420 g/mol. The second kappa shape index (κ2) is 9.44. The molecule has 0 saturated heterocycles. The van der Waals surface area contributed by atoms with Crippen molar-refractivity contribution < 1.29 is 19.1 Å². The summed E-state index contributed by atoms with van der Waals surface area (Å²) in [5, 5.41) is 10.2. The quantitative estimate of drug-likeness (QED) is 0.572. The first-order chi connectivity index (χ1) is 14.8. The van der Waals surface area contributed by atoms with Crippen LogP contribution in [0.1, 0.15) is 32.1 Å². The molecule has 0 atom stereocenters. The van der Waals surface area contributed by atoms with Gasteiger partial charge in [-0.05, 0) is 62.4 Å². The number of aryl methyl sites for hydroxylation is 1. The molecule has 0 saturated carbocycles. The highest BCUT2D eigenvalue weighted by atomic mass is 35.5. The van der Waals surface area contributed by atoms with Crippen LogP contribution < -0.4 is 10.6 Å². The van der Waals surface area contributed by atoms with Gasteiger partial charge in [0.05, 0.1) is 29.2 Å². The molecule has 0 aliphatic carbocycles. The maximum absolute atomic E-state index is 12.5. The first-order valence-corrected chi connectivity index (χ1v) is 9.76. The van der Waals surface area contributed by atoms with Crippen molar-refractivity contribution in [2.45, 2.75) is 13.8 Å². The number of aromatic nitrogens is 2. The monoisotopic (exact) mass is 440 g/mol. The number of benzene rings is 2. The highest BCUT2D eigenvalue weighted by Crippen LogP contribution is 2.22. The van der Waals surface area contributed by atoms with Crippen molar-refractivity contribution in [2.24, 2.45) is 0 Å². The van der Waals surface area contributed by atoms with Crippen molar-refractivity contribution in [2.75, 3.05) is 19.0 Å². The lowest BCUT2D eigenvalue weighted by atomic mass is 10.1. The zero-order valence-corrected chi connectivity index (χ0v) is 18.0. The van der Waals surface area contributed by atoms with E-state index in [2.05, 4.69) is 20.5 Å². The van der Waals surface area contributed by atoms with E-state index in [4.69, 9.17) is 11.6 Å². The predicted octanol–water partition coefficient (Wildman–Crippen LogP) is 3.30. The Labute approximate surface area is 184 Å². The Bertz CT molecular complexity index is 1120. The van der Waals surface area contributed by atoms with Gasteiger partial charge < -0.3 is 15.4 Å². The van der Waals surface area contributed by atoms with Gasteiger partial charge in [-0.2, -0.15) is 5.10 Å². The summed E-state index contributed by atoms with van der Waals surface area (Å²) in [6, 6.07) is 13.3. The SMILES string of the molecule is COC(=O)CNC(=O)c1ccc(NC(=O)c2ccc(-n3nc(C)c(Cl)c3C)cc2)cc1. The van der Waals surface area contributed by atoms with Crippen molar-refractivity contribution in [1.82, 2.24) is 15.1 Å². The van der Waals surface area contributed by atoms with Crippen LogP contribution in [0.25, 0.3) is 5.69 Å². The number of halogens is 1. The molecule has 3 aromatic rings. The van der Waals surface area contributed by atoms with Gasteiger partial charge in [0.1, 0.15) is 6.54 Å². The molecule has 3 rings (SSSR count). The van der Waals surface area contributed by atoms with Crippen LogP contribution in [0.2, 0.25) is 5.02 Å². The number of nitrogens with zero attached hydrogens (tertiary/aromatic N) is 2. The lowest BCUT2D eigenvalue weighted by Gasteiger charge is -2.09. The minimum Gasteiger partial charge on any atom is -0.468 e. The Morgan fingerprint density at radius 3 is 2.10 bits per heavy atom. The highest BCUT2D eigenvalue weighted by molar-refractivity contribution is 6.31. The number of hydrogen-bond donors (Lipinski definition) is 2. The van der Waals surface area contributed by atoms with Crippen LogP contribution in [0.4, 0.5) is 5.69 Å². The van der Waals surface area contributed by atoms with Gasteiger partial charge in [0, 0.05) is 16.8 Å². The molecule has 1 heterocycles. The van der Waals surface area contributed by atoms with E-state index in [1.165, 1.54) is 7.11 Å². The maximum Gasteiger partial charge on any atom is 0.325 e. The Kier molecular flexibility index (Phi) is 6.71. The van der Waals surface area contributed by atoms with Crippen molar-refractivity contribution in [3.8, 4) is 5.69 Å². The summed E-state index contributed by atoms with van der Waals surface area (Å²) in [7, 11) is 1.24. The smallest absolute Gasteiger partial charge is 0.325 e. The van der Waals surface area contributed by atoms with E-state index < -0.39 is 11.9 Å². The van der Waals surface area contributed by atoms with E-state index in [-0.39, 0.29) is 12.5 Å². The molecule has 1 aromatic heterocycles. The number of hydrogen-bond acceptors (Lipinski definition) is 5. The second-order valence-corrected chi connectivity index (χ2v) is 7.11. The third kappa shape index (κ3) is 5.10. The standard InChI is InChI=1S/C22H21ClN4O4/c1-13-20(23)14(2)27(26-13)18-10-6-16(7-11-18)22(30)25-17-8-4-15(5-9-17)21(29)24-12-19(28)31-3/h4-11H,12H2,1-3H3,(H,24,29)(H,25,30). The molecule has 160 valence electrons. The van der Waals surface area contributed by atoms with Gasteiger partial charge in [0.15, 0.2) is 0 Å².